The van der Waals surface area contributed by atoms with Crippen molar-refractivity contribution in [2.75, 3.05) is 0 Å². The van der Waals surface area contributed by atoms with Crippen LogP contribution in [-0.2, 0) is 9.53 Å². The molecule has 0 radical (unpaired) electrons. The third kappa shape index (κ3) is 5.83. The van der Waals surface area contributed by atoms with Crippen LogP contribution in [0.15, 0.2) is 24.3 Å². The predicted molar refractivity (Wildman–Crippen MR) is 96.7 cm³/mol. The molecule has 1 saturated carbocycles. The van der Waals surface area contributed by atoms with E-state index in [2.05, 4.69) is 0 Å². The summed E-state index contributed by atoms with van der Waals surface area (Å²) in [6, 6.07) is 0. The summed E-state index contributed by atoms with van der Waals surface area (Å²) in [4.78, 5) is 10.5. The number of unbranched alkanes of at least 4 members (excludes halogenated alkanes) is 1. The molecule has 2 rings (SSSR count). The van der Waals surface area contributed by atoms with Gasteiger partial charge in [-0.3, -0.25) is 4.79 Å². The number of fused-ring (bicyclic) bond motifs is 1. The molecule has 8 atom stereocenters. The number of carbonyl (C=O) groups is 1. The fourth-order valence-electron chi connectivity index (χ4n) is 3.89. The lowest BCUT2D eigenvalue weighted by molar-refractivity contribution is -0.136. The molecule has 1 aliphatic heterocycles. The van der Waals surface area contributed by atoms with E-state index in [1.54, 1.807) is 6.08 Å². The molecule has 2 aliphatic rings. The van der Waals surface area contributed by atoms with E-state index in [4.69, 9.17) is 9.84 Å². The van der Waals surface area contributed by atoms with E-state index in [0.29, 0.717) is 12.8 Å². The van der Waals surface area contributed by atoms with Crippen LogP contribution in [0.4, 0.5) is 8.78 Å². The van der Waals surface area contributed by atoms with E-state index in [1.807, 2.05) is 6.92 Å². The molecule has 5 nitrogen and oxygen atoms in total. The second kappa shape index (κ2) is 10.3. The highest BCUT2D eigenvalue weighted by Crippen LogP contribution is 2.46. The van der Waals surface area contributed by atoms with Gasteiger partial charge in [-0.2, -0.15) is 0 Å². The molecule has 1 unspecified atom stereocenters. The lowest BCUT2D eigenvalue weighted by Gasteiger charge is -2.21. The Labute approximate surface area is 158 Å². The summed E-state index contributed by atoms with van der Waals surface area (Å²) in [6.07, 6.45) is 2.29. The average Bonchev–Trinajstić information content (AvgIpc) is 3.09. The number of halogens is 2. The van der Waals surface area contributed by atoms with Crippen LogP contribution in [-0.4, -0.2) is 58.0 Å². The number of hydrogen-bond acceptors (Lipinski definition) is 4. The van der Waals surface area contributed by atoms with Gasteiger partial charge in [-0.05, 0) is 12.8 Å². The van der Waals surface area contributed by atoms with Crippen LogP contribution < -0.4 is 0 Å². The van der Waals surface area contributed by atoms with Crippen molar-refractivity contribution in [3.05, 3.63) is 24.3 Å². The molecule has 154 valence electrons. The first-order valence-electron chi connectivity index (χ1n) is 9.71. The van der Waals surface area contributed by atoms with Gasteiger partial charge in [-0.25, -0.2) is 8.78 Å². The molecule has 1 heterocycles. The van der Waals surface area contributed by atoms with Crippen molar-refractivity contribution in [1.82, 2.24) is 0 Å². The third-order valence-electron chi connectivity index (χ3n) is 5.39. The van der Waals surface area contributed by atoms with Gasteiger partial charge in [-0.1, -0.05) is 44.1 Å². The third-order valence-corrected chi connectivity index (χ3v) is 5.39. The van der Waals surface area contributed by atoms with Gasteiger partial charge in [0.15, 0.2) is 0 Å². The van der Waals surface area contributed by atoms with Crippen molar-refractivity contribution in [2.45, 2.75) is 82.2 Å². The zero-order valence-corrected chi connectivity index (χ0v) is 15.6. The summed E-state index contributed by atoms with van der Waals surface area (Å²) in [5.74, 6) is -2.03. The monoisotopic (exact) mass is 388 g/mol. The standard InChI is InChI=1S/C20H30F2O5/c1-2-3-6-13(21)14(23)10-9-12-15(24)11-17-19(12)20(22)16(27-17)7-4-5-8-18(25)26/h4,7,9-10,12-17,19-20,23-24H,2-3,5-6,8,11H2,1H3,(H,25,26)/t12-,13?,14+,15+,16+,17+,19+,20+/m0/s1. The summed E-state index contributed by atoms with van der Waals surface area (Å²) in [7, 11) is 0. The molecule has 0 spiro atoms. The number of aliphatic carboxylic acids is 1. The van der Waals surface area contributed by atoms with Crippen LogP contribution in [0.5, 0.6) is 0 Å². The fourth-order valence-corrected chi connectivity index (χ4v) is 3.89. The molecule has 0 aromatic carbocycles. The van der Waals surface area contributed by atoms with E-state index >= 15 is 0 Å². The summed E-state index contributed by atoms with van der Waals surface area (Å²) in [6.45, 7) is 1.94. The first-order valence-corrected chi connectivity index (χ1v) is 9.71. The van der Waals surface area contributed by atoms with Crippen molar-refractivity contribution in [3.63, 3.8) is 0 Å². The molecule has 0 bridgehead atoms. The summed E-state index contributed by atoms with van der Waals surface area (Å²) in [5.41, 5.74) is 0. The first-order chi connectivity index (χ1) is 12.8. The second-order valence-electron chi connectivity index (χ2n) is 7.44. The number of allylic oxidation sites excluding steroid dienone is 1. The Morgan fingerprint density at radius 3 is 2.78 bits per heavy atom. The molecule has 0 aromatic heterocycles. The Balaban J connectivity index is 1.94. The van der Waals surface area contributed by atoms with E-state index in [9.17, 15) is 23.8 Å². The van der Waals surface area contributed by atoms with Crippen LogP contribution in [0, 0.1) is 11.8 Å². The van der Waals surface area contributed by atoms with Gasteiger partial charge in [0.25, 0.3) is 0 Å². The highest BCUT2D eigenvalue weighted by molar-refractivity contribution is 5.66. The molecule has 3 N–H and O–H groups in total. The number of rotatable bonds is 10. The van der Waals surface area contributed by atoms with E-state index in [-0.39, 0.29) is 19.3 Å². The largest absolute Gasteiger partial charge is 0.481 e. The van der Waals surface area contributed by atoms with Gasteiger partial charge < -0.3 is 20.1 Å². The summed E-state index contributed by atoms with van der Waals surface area (Å²) >= 11 is 0. The smallest absolute Gasteiger partial charge is 0.303 e. The van der Waals surface area contributed by atoms with E-state index < -0.39 is 54.6 Å². The fraction of sp³-hybridized carbons (Fsp3) is 0.750. The molecule has 0 aromatic rings. The van der Waals surface area contributed by atoms with Crippen LogP contribution in [0.25, 0.3) is 0 Å². The van der Waals surface area contributed by atoms with E-state index in [0.717, 1.165) is 6.42 Å². The van der Waals surface area contributed by atoms with Crippen LogP contribution >= 0.6 is 0 Å². The van der Waals surface area contributed by atoms with Gasteiger partial charge in [0.2, 0.25) is 0 Å². The quantitative estimate of drug-likeness (QED) is 0.501. The maximum Gasteiger partial charge on any atom is 0.303 e. The number of carboxylic acids is 1. The summed E-state index contributed by atoms with van der Waals surface area (Å²) < 4.78 is 34.4. The molecular weight excluding hydrogens is 358 g/mol. The molecule has 27 heavy (non-hydrogen) atoms. The topological polar surface area (TPSA) is 87.0 Å². The molecule has 7 heteroatoms. The Kier molecular flexibility index (Phi) is 8.38. The Hall–Kier alpha value is -1.31. The number of aliphatic hydroxyl groups excluding tert-OH is 2. The van der Waals surface area contributed by atoms with Gasteiger partial charge in [0, 0.05) is 24.7 Å². The molecule has 0 amide bonds. The maximum absolute atomic E-state index is 14.8. The van der Waals surface area contributed by atoms with Crippen molar-refractivity contribution >= 4 is 5.97 Å². The minimum absolute atomic E-state index is 0.0303. The minimum atomic E-state index is -1.37. The number of aliphatic hydroxyl groups is 2. The highest BCUT2D eigenvalue weighted by atomic mass is 19.1. The van der Waals surface area contributed by atoms with Crippen molar-refractivity contribution in [1.29, 1.82) is 0 Å². The van der Waals surface area contributed by atoms with Crippen molar-refractivity contribution in [3.8, 4) is 0 Å². The predicted octanol–water partition coefficient (Wildman–Crippen LogP) is 2.96. The van der Waals surface area contributed by atoms with Crippen LogP contribution in [0.3, 0.4) is 0 Å². The van der Waals surface area contributed by atoms with Gasteiger partial charge >= 0.3 is 5.97 Å². The first kappa shape index (κ1) is 22.0. The number of hydrogen-bond donors (Lipinski definition) is 3. The lowest BCUT2D eigenvalue weighted by atomic mass is 9.88. The zero-order chi connectivity index (χ0) is 20.0. The minimum Gasteiger partial charge on any atom is -0.481 e. The van der Waals surface area contributed by atoms with Crippen molar-refractivity contribution < 1.29 is 33.6 Å². The average molecular weight is 388 g/mol. The molecule has 1 aliphatic carbocycles. The molecular formula is C20H30F2O5. The maximum atomic E-state index is 14.8. The lowest BCUT2D eigenvalue weighted by Crippen LogP contribution is -2.29. The summed E-state index contributed by atoms with van der Waals surface area (Å²) in [5, 5.41) is 28.7. The Morgan fingerprint density at radius 1 is 1.37 bits per heavy atom. The van der Waals surface area contributed by atoms with Crippen LogP contribution in [0.2, 0.25) is 0 Å². The molecule has 2 fully saturated rings. The second-order valence-corrected chi connectivity index (χ2v) is 7.44. The Morgan fingerprint density at radius 2 is 2.11 bits per heavy atom. The molecule has 1 saturated heterocycles. The number of alkyl halides is 2. The van der Waals surface area contributed by atoms with Crippen LogP contribution in [0.1, 0.15) is 45.4 Å². The SMILES string of the molecule is CCCCC(F)[C@H](O)C=C[C@@H]1[C@H]2[C@H](F)[C@@H](C=CCCC(=O)O)O[C@@H]2C[C@H]1O. The van der Waals surface area contributed by atoms with Gasteiger partial charge in [0.1, 0.15) is 24.6 Å². The van der Waals surface area contributed by atoms with Crippen molar-refractivity contribution in [2.24, 2.45) is 11.8 Å². The highest BCUT2D eigenvalue weighted by Gasteiger charge is 2.54. The number of ether oxygens (including phenoxy) is 1. The van der Waals surface area contributed by atoms with Gasteiger partial charge in [0.05, 0.1) is 12.2 Å². The normalized spacial score (nSPS) is 35.7. The van der Waals surface area contributed by atoms with Gasteiger partial charge in [-0.15, -0.1) is 0 Å². The number of carboxylic acid groups (broad SMARTS) is 1. The Bertz CT molecular complexity index is 538. The zero-order valence-electron chi connectivity index (χ0n) is 15.6. The van der Waals surface area contributed by atoms with E-state index in [1.165, 1.54) is 18.2 Å².